The van der Waals surface area contributed by atoms with E-state index < -0.39 is 0 Å². The number of nitrogens with zero attached hydrogens (tertiary/aromatic N) is 3. The Morgan fingerprint density at radius 1 is 1.12 bits per heavy atom. The molecule has 0 aromatic carbocycles. The fourth-order valence-electron chi connectivity index (χ4n) is 4.54. The van der Waals surface area contributed by atoms with Gasteiger partial charge in [-0.3, -0.25) is 14.7 Å². The van der Waals surface area contributed by atoms with E-state index in [-0.39, 0.29) is 5.56 Å². The molecule has 0 amide bonds. The smallest absolute Gasteiger partial charge is 0.258 e. The quantitative estimate of drug-likeness (QED) is 0.714. The van der Waals surface area contributed by atoms with Crippen LogP contribution < -0.4 is 5.56 Å². The van der Waals surface area contributed by atoms with Gasteiger partial charge in [0.2, 0.25) is 0 Å². The first-order valence-electron chi connectivity index (χ1n) is 9.17. The van der Waals surface area contributed by atoms with Crippen LogP contribution in [0.2, 0.25) is 0 Å². The van der Waals surface area contributed by atoms with E-state index in [0.717, 1.165) is 37.3 Å². The minimum absolute atomic E-state index is 0.136. The normalized spacial score (nSPS) is 22.2. The van der Waals surface area contributed by atoms with Gasteiger partial charge in [-0.05, 0) is 42.0 Å². The summed E-state index contributed by atoms with van der Waals surface area (Å²) in [5, 5.41) is 2.15. The molecule has 2 bridgehead atoms. The summed E-state index contributed by atoms with van der Waals surface area (Å²) in [6.07, 6.45) is 4.72. The molecule has 3 aromatic rings. The maximum Gasteiger partial charge on any atom is 0.258 e. The summed E-state index contributed by atoms with van der Waals surface area (Å²) in [6, 6.07) is 12.3. The molecule has 5 rings (SSSR count). The zero-order valence-electron chi connectivity index (χ0n) is 14.5. The molecule has 5 heteroatoms. The molecule has 5 heterocycles. The van der Waals surface area contributed by atoms with Crippen molar-refractivity contribution in [2.45, 2.75) is 25.4 Å². The van der Waals surface area contributed by atoms with Crippen LogP contribution in [0.3, 0.4) is 0 Å². The van der Waals surface area contributed by atoms with E-state index in [0.29, 0.717) is 11.8 Å². The lowest BCUT2D eigenvalue weighted by Crippen LogP contribution is -2.46. The lowest BCUT2D eigenvalue weighted by molar-refractivity contribution is 0.115. The van der Waals surface area contributed by atoms with Gasteiger partial charge in [0, 0.05) is 66.2 Å². The average molecular weight is 363 g/mol. The second kappa shape index (κ2) is 6.49. The molecule has 26 heavy (non-hydrogen) atoms. The van der Waals surface area contributed by atoms with E-state index in [4.69, 9.17) is 0 Å². The number of rotatable bonds is 3. The average Bonchev–Trinajstić information content (AvgIpc) is 3.16. The van der Waals surface area contributed by atoms with Crippen LogP contribution in [0.1, 0.15) is 22.9 Å². The Morgan fingerprint density at radius 3 is 2.88 bits per heavy atom. The molecule has 2 atom stereocenters. The van der Waals surface area contributed by atoms with Crippen LogP contribution in [-0.4, -0.2) is 27.5 Å². The lowest BCUT2D eigenvalue weighted by atomic mass is 9.83. The fourth-order valence-corrected chi connectivity index (χ4v) is 5.28. The number of thiophene rings is 1. The Morgan fingerprint density at radius 2 is 2.08 bits per heavy atom. The Labute approximate surface area is 156 Å². The van der Waals surface area contributed by atoms with Crippen LogP contribution in [0.25, 0.3) is 11.1 Å². The fraction of sp³-hybridized carbons (Fsp3) is 0.333. The van der Waals surface area contributed by atoms with Gasteiger partial charge in [0.25, 0.3) is 5.56 Å². The summed E-state index contributed by atoms with van der Waals surface area (Å²) in [7, 11) is 0. The first kappa shape index (κ1) is 16.0. The van der Waals surface area contributed by atoms with Crippen LogP contribution in [-0.2, 0) is 13.1 Å². The number of hydrogen-bond acceptors (Lipinski definition) is 4. The predicted molar refractivity (Wildman–Crippen MR) is 104 cm³/mol. The Kier molecular flexibility index (Phi) is 3.98. The second-order valence-electron chi connectivity index (χ2n) is 7.40. The van der Waals surface area contributed by atoms with Crippen LogP contribution in [0, 0.1) is 5.92 Å². The lowest BCUT2D eigenvalue weighted by Gasteiger charge is -2.42. The van der Waals surface area contributed by atoms with Gasteiger partial charge in [-0.1, -0.05) is 12.1 Å². The van der Waals surface area contributed by atoms with Gasteiger partial charge in [0.05, 0.1) is 0 Å². The van der Waals surface area contributed by atoms with Crippen LogP contribution in [0.5, 0.6) is 0 Å². The largest absolute Gasteiger partial charge is 0.311 e. The minimum Gasteiger partial charge on any atom is -0.311 e. The standard InChI is InChI=1S/C21H21N3OS/c25-21-19(16-3-1-7-22-10-16)5-6-20-17-9-15(12-24(20)21)11-23(13-17)14-18-4-2-8-26-18/h1-8,10,15,17H,9,11-14H2/t15-,17-/m1/s1. The first-order chi connectivity index (χ1) is 12.8. The number of hydrogen-bond donors (Lipinski definition) is 0. The Balaban J connectivity index is 1.46. The van der Waals surface area contributed by atoms with E-state index in [1.54, 1.807) is 12.4 Å². The van der Waals surface area contributed by atoms with Crippen molar-refractivity contribution >= 4 is 11.3 Å². The summed E-state index contributed by atoms with van der Waals surface area (Å²) in [5.74, 6) is 1.01. The zero-order chi connectivity index (χ0) is 17.5. The van der Waals surface area contributed by atoms with Crippen molar-refractivity contribution in [3.05, 3.63) is 75.1 Å². The monoisotopic (exact) mass is 363 g/mol. The molecule has 0 radical (unpaired) electrons. The van der Waals surface area contributed by atoms with Crippen molar-refractivity contribution in [2.24, 2.45) is 5.92 Å². The number of fused-ring (bicyclic) bond motifs is 4. The third kappa shape index (κ3) is 2.81. The third-order valence-corrected chi connectivity index (χ3v) is 6.47. The van der Waals surface area contributed by atoms with Crippen molar-refractivity contribution in [3.8, 4) is 11.1 Å². The summed E-state index contributed by atoms with van der Waals surface area (Å²) in [4.78, 5) is 21.3. The van der Waals surface area contributed by atoms with Crippen molar-refractivity contribution in [3.63, 3.8) is 0 Å². The highest BCUT2D eigenvalue weighted by Crippen LogP contribution is 2.36. The topological polar surface area (TPSA) is 38.1 Å². The van der Waals surface area contributed by atoms with E-state index in [1.165, 1.54) is 17.0 Å². The molecule has 132 valence electrons. The Bertz CT molecular complexity index is 965. The van der Waals surface area contributed by atoms with E-state index >= 15 is 0 Å². The van der Waals surface area contributed by atoms with Crippen LogP contribution in [0.15, 0.2) is 59.0 Å². The number of piperidine rings is 1. The van der Waals surface area contributed by atoms with Gasteiger partial charge >= 0.3 is 0 Å². The maximum absolute atomic E-state index is 13.1. The van der Waals surface area contributed by atoms with Gasteiger partial charge in [-0.2, -0.15) is 0 Å². The molecule has 2 aliphatic rings. The van der Waals surface area contributed by atoms with Crippen molar-refractivity contribution in [1.82, 2.24) is 14.5 Å². The molecule has 0 spiro atoms. The number of likely N-dealkylation sites (tertiary alicyclic amines) is 1. The van der Waals surface area contributed by atoms with Gasteiger partial charge in [0.15, 0.2) is 0 Å². The molecule has 0 unspecified atom stereocenters. The van der Waals surface area contributed by atoms with E-state index in [9.17, 15) is 4.79 Å². The SMILES string of the molecule is O=c1c(-c2cccnc2)ccc2n1C[C@@H]1C[C@@H]2CN(Cc2cccs2)C1. The van der Waals surface area contributed by atoms with Crippen LogP contribution in [0.4, 0.5) is 0 Å². The van der Waals surface area contributed by atoms with Gasteiger partial charge in [-0.25, -0.2) is 0 Å². The summed E-state index contributed by atoms with van der Waals surface area (Å²) in [6.45, 7) is 3.99. The molecule has 3 aromatic heterocycles. The van der Waals surface area contributed by atoms with E-state index in [2.05, 4.69) is 33.5 Å². The van der Waals surface area contributed by atoms with E-state index in [1.807, 2.05) is 34.1 Å². The maximum atomic E-state index is 13.1. The highest BCUT2D eigenvalue weighted by atomic mass is 32.1. The molecule has 1 fully saturated rings. The summed E-state index contributed by atoms with van der Waals surface area (Å²) < 4.78 is 2.03. The molecular weight excluding hydrogens is 342 g/mol. The zero-order valence-corrected chi connectivity index (χ0v) is 15.4. The molecule has 4 nitrogen and oxygen atoms in total. The predicted octanol–water partition coefficient (Wildman–Crippen LogP) is 3.59. The molecule has 1 saturated heterocycles. The first-order valence-corrected chi connectivity index (χ1v) is 10.0. The summed E-state index contributed by atoms with van der Waals surface area (Å²) >= 11 is 1.83. The molecule has 0 N–H and O–H groups in total. The van der Waals surface area contributed by atoms with Gasteiger partial charge in [0.1, 0.15) is 0 Å². The van der Waals surface area contributed by atoms with Crippen molar-refractivity contribution in [1.29, 1.82) is 0 Å². The van der Waals surface area contributed by atoms with Gasteiger partial charge < -0.3 is 4.57 Å². The van der Waals surface area contributed by atoms with Crippen molar-refractivity contribution < 1.29 is 0 Å². The molecule has 0 saturated carbocycles. The van der Waals surface area contributed by atoms with Crippen molar-refractivity contribution in [2.75, 3.05) is 13.1 Å². The summed E-state index contributed by atoms with van der Waals surface area (Å²) in [5.41, 5.74) is 3.01. The minimum atomic E-state index is 0.136. The number of aromatic nitrogens is 2. The molecule has 0 aliphatic carbocycles. The number of pyridine rings is 2. The highest BCUT2D eigenvalue weighted by molar-refractivity contribution is 7.09. The molecular formula is C21H21N3OS. The van der Waals surface area contributed by atoms with Gasteiger partial charge in [-0.15, -0.1) is 11.3 Å². The molecule has 2 aliphatic heterocycles. The highest BCUT2D eigenvalue weighted by Gasteiger charge is 2.35. The third-order valence-electron chi connectivity index (χ3n) is 5.61. The Hall–Kier alpha value is -2.24. The second-order valence-corrected chi connectivity index (χ2v) is 8.43. The van der Waals surface area contributed by atoms with Crippen LogP contribution >= 0.6 is 11.3 Å².